The van der Waals surface area contributed by atoms with E-state index in [0.29, 0.717) is 6.42 Å². The van der Waals surface area contributed by atoms with Crippen molar-refractivity contribution in [2.45, 2.75) is 13.3 Å². The molecule has 0 aliphatic heterocycles. The summed E-state index contributed by atoms with van der Waals surface area (Å²) in [6.07, 6.45) is 0.294. The van der Waals surface area contributed by atoms with Crippen LogP contribution in [0.1, 0.15) is 11.1 Å². The van der Waals surface area contributed by atoms with Gasteiger partial charge in [0.05, 0.1) is 6.42 Å². The smallest absolute Gasteiger partial charge is 0.221 e. The molecule has 0 aliphatic rings. The van der Waals surface area contributed by atoms with Gasteiger partial charge < -0.3 is 5.73 Å². The predicted octanol–water partition coefficient (Wildman–Crippen LogP) is 1.79. The summed E-state index contributed by atoms with van der Waals surface area (Å²) in [5, 5.41) is 0. The second kappa shape index (κ2) is 3.72. The third-order valence-corrected chi connectivity index (χ3v) is 2.77. The van der Waals surface area contributed by atoms with Gasteiger partial charge in [-0.05, 0) is 18.1 Å². The number of carbonyl (C=O) groups is 1. The summed E-state index contributed by atoms with van der Waals surface area (Å²) in [5.41, 5.74) is 7.15. The summed E-state index contributed by atoms with van der Waals surface area (Å²) in [4.78, 5) is 10.6. The molecular weight excluding hydrogens is 218 g/mol. The van der Waals surface area contributed by atoms with Crippen molar-refractivity contribution in [1.82, 2.24) is 0 Å². The first-order chi connectivity index (χ1) is 5.61. The lowest BCUT2D eigenvalue weighted by Crippen LogP contribution is -2.14. The van der Waals surface area contributed by atoms with E-state index in [-0.39, 0.29) is 5.91 Å². The molecule has 1 aromatic rings. The van der Waals surface area contributed by atoms with E-state index < -0.39 is 0 Å². The largest absolute Gasteiger partial charge is 0.369 e. The summed E-state index contributed by atoms with van der Waals surface area (Å²) in [7, 11) is 0. The summed E-state index contributed by atoms with van der Waals surface area (Å²) >= 11 is 3.40. The SMILES string of the molecule is Cc1cccc(CC(N)=O)c1Br. The molecule has 0 unspecified atom stereocenters. The maximum Gasteiger partial charge on any atom is 0.221 e. The normalized spacial score (nSPS) is 9.83. The molecule has 0 radical (unpaired) electrons. The zero-order valence-electron chi connectivity index (χ0n) is 6.80. The van der Waals surface area contributed by atoms with Gasteiger partial charge in [0.15, 0.2) is 0 Å². The zero-order chi connectivity index (χ0) is 9.14. The van der Waals surface area contributed by atoms with Crippen molar-refractivity contribution in [1.29, 1.82) is 0 Å². The second-order valence-electron chi connectivity index (χ2n) is 2.69. The maximum atomic E-state index is 10.6. The number of rotatable bonds is 2. The Hall–Kier alpha value is -0.830. The summed E-state index contributed by atoms with van der Waals surface area (Å²) < 4.78 is 0.976. The topological polar surface area (TPSA) is 43.1 Å². The van der Waals surface area contributed by atoms with Gasteiger partial charge in [-0.15, -0.1) is 0 Å². The first-order valence-electron chi connectivity index (χ1n) is 3.63. The molecule has 0 saturated heterocycles. The third kappa shape index (κ3) is 2.08. The van der Waals surface area contributed by atoms with Crippen LogP contribution < -0.4 is 5.73 Å². The molecule has 0 bridgehead atoms. The molecule has 0 heterocycles. The summed E-state index contributed by atoms with van der Waals surface area (Å²) in [5.74, 6) is -0.304. The molecule has 0 aromatic heterocycles. The van der Waals surface area contributed by atoms with Gasteiger partial charge in [0.2, 0.25) is 5.91 Å². The van der Waals surface area contributed by atoms with Crippen LogP contribution in [0.4, 0.5) is 0 Å². The molecule has 12 heavy (non-hydrogen) atoms. The minimum absolute atomic E-state index is 0.294. The highest BCUT2D eigenvalue weighted by Crippen LogP contribution is 2.20. The predicted molar refractivity (Wildman–Crippen MR) is 51.8 cm³/mol. The summed E-state index contributed by atoms with van der Waals surface area (Å²) in [6, 6.07) is 5.79. The van der Waals surface area contributed by atoms with Crippen LogP contribution in [0.5, 0.6) is 0 Å². The highest BCUT2D eigenvalue weighted by atomic mass is 79.9. The number of halogens is 1. The standard InChI is InChI=1S/C9H10BrNO/c1-6-3-2-4-7(9(6)10)5-8(11)12/h2-4H,5H2,1H3,(H2,11,12). The highest BCUT2D eigenvalue weighted by Gasteiger charge is 2.04. The molecule has 0 atom stereocenters. The van der Waals surface area contributed by atoms with Crippen molar-refractivity contribution in [3.8, 4) is 0 Å². The summed E-state index contributed by atoms with van der Waals surface area (Å²) in [6.45, 7) is 1.98. The van der Waals surface area contributed by atoms with E-state index in [4.69, 9.17) is 5.73 Å². The average Bonchev–Trinajstić information content (AvgIpc) is 1.98. The van der Waals surface area contributed by atoms with Gasteiger partial charge in [-0.2, -0.15) is 0 Å². The number of primary amides is 1. The van der Waals surface area contributed by atoms with Gasteiger partial charge in [-0.1, -0.05) is 34.1 Å². The van der Waals surface area contributed by atoms with E-state index in [1.807, 2.05) is 25.1 Å². The van der Waals surface area contributed by atoms with E-state index >= 15 is 0 Å². The molecule has 1 rings (SSSR count). The van der Waals surface area contributed by atoms with Crippen molar-refractivity contribution in [3.63, 3.8) is 0 Å². The van der Waals surface area contributed by atoms with E-state index in [0.717, 1.165) is 15.6 Å². The Labute approximate surface area is 79.9 Å². The van der Waals surface area contributed by atoms with E-state index in [1.165, 1.54) is 0 Å². The Kier molecular flexibility index (Phi) is 2.87. The molecule has 2 nitrogen and oxygen atoms in total. The first kappa shape index (κ1) is 9.26. The Morgan fingerprint density at radius 1 is 1.58 bits per heavy atom. The van der Waals surface area contributed by atoms with Crippen molar-refractivity contribution in [2.75, 3.05) is 0 Å². The lowest BCUT2D eigenvalue weighted by atomic mass is 10.1. The fraction of sp³-hybridized carbons (Fsp3) is 0.222. The minimum Gasteiger partial charge on any atom is -0.369 e. The molecule has 3 heteroatoms. The molecule has 1 amide bonds. The van der Waals surface area contributed by atoms with Crippen LogP contribution in [0.15, 0.2) is 22.7 Å². The zero-order valence-corrected chi connectivity index (χ0v) is 8.39. The van der Waals surface area contributed by atoms with Crippen LogP contribution in [0.25, 0.3) is 0 Å². The molecule has 2 N–H and O–H groups in total. The number of amides is 1. The molecule has 64 valence electrons. The molecule has 0 spiro atoms. The third-order valence-electron chi connectivity index (χ3n) is 1.64. The molecular formula is C9H10BrNO. The lowest BCUT2D eigenvalue weighted by Gasteiger charge is -2.03. The Morgan fingerprint density at radius 3 is 2.83 bits per heavy atom. The number of hydrogen-bond donors (Lipinski definition) is 1. The van der Waals surface area contributed by atoms with Crippen LogP contribution in [-0.2, 0) is 11.2 Å². The fourth-order valence-electron chi connectivity index (χ4n) is 1.03. The average molecular weight is 228 g/mol. The van der Waals surface area contributed by atoms with Crippen LogP contribution in [0, 0.1) is 6.92 Å². The van der Waals surface area contributed by atoms with Crippen molar-refractivity contribution in [2.24, 2.45) is 5.73 Å². The van der Waals surface area contributed by atoms with E-state index in [9.17, 15) is 4.79 Å². The molecule has 0 fully saturated rings. The number of nitrogens with two attached hydrogens (primary N) is 1. The van der Waals surface area contributed by atoms with Crippen LogP contribution in [0.2, 0.25) is 0 Å². The Morgan fingerprint density at radius 2 is 2.25 bits per heavy atom. The Bertz CT molecular complexity index is 309. The van der Waals surface area contributed by atoms with Gasteiger partial charge in [0.1, 0.15) is 0 Å². The minimum atomic E-state index is -0.304. The van der Waals surface area contributed by atoms with Gasteiger partial charge in [-0.25, -0.2) is 0 Å². The Balaban J connectivity index is 3.00. The van der Waals surface area contributed by atoms with Crippen molar-refractivity contribution < 1.29 is 4.79 Å². The molecule has 1 aromatic carbocycles. The highest BCUT2D eigenvalue weighted by molar-refractivity contribution is 9.10. The second-order valence-corrected chi connectivity index (χ2v) is 3.48. The van der Waals surface area contributed by atoms with Gasteiger partial charge in [-0.3, -0.25) is 4.79 Å². The van der Waals surface area contributed by atoms with Crippen molar-refractivity contribution in [3.05, 3.63) is 33.8 Å². The van der Waals surface area contributed by atoms with E-state index in [2.05, 4.69) is 15.9 Å². The van der Waals surface area contributed by atoms with Crippen LogP contribution in [-0.4, -0.2) is 5.91 Å². The van der Waals surface area contributed by atoms with E-state index in [1.54, 1.807) is 0 Å². The number of hydrogen-bond acceptors (Lipinski definition) is 1. The van der Waals surface area contributed by atoms with Gasteiger partial charge >= 0.3 is 0 Å². The molecule has 0 aliphatic carbocycles. The van der Waals surface area contributed by atoms with Crippen molar-refractivity contribution >= 4 is 21.8 Å². The quantitative estimate of drug-likeness (QED) is 0.823. The maximum absolute atomic E-state index is 10.6. The monoisotopic (exact) mass is 227 g/mol. The first-order valence-corrected chi connectivity index (χ1v) is 4.43. The van der Waals surface area contributed by atoms with Crippen LogP contribution in [0.3, 0.4) is 0 Å². The molecule has 0 saturated carbocycles. The fourth-order valence-corrected chi connectivity index (χ4v) is 1.44. The number of carbonyl (C=O) groups excluding carboxylic acids is 1. The van der Waals surface area contributed by atoms with Gasteiger partial charge in [0, 0.05) is 4.47 Å². The van der Waals surface area contributed by atoms with Crippen LogP contribution >= 0.6 is 15.9 Å². The number of aryl methyl sites for hydroxylation is 1. The number of benzene rings is 1. The lowest BCUT2D eigenvalue weighted by molar-refractivity contribution is -0.117. The van der Waals surface area contributed by atoms with Gasteiger partial charge in [0.25, 0.3) is 0 Å².